The monoisotopic (exact) mass is 469 g/mol. The smallest absolute Gasteiger partial charge is 0.264 e. The number of hydrogen-bond acceptors (Lipinski definition) is 7. The molecule has 1 amide bonds. The molecule has 0 spiro atoms. The van der Waals surface area contributed by atoms with Crippen LogP contribution in [-0.2, 0) is 14.8 Å². The molecule has 2 N–H and O–H groups in total. The number of ether oxygens (including phenoxy) is 2. The zero-order valence-corrected chi connectivity index (χ0v) is 18.8. The number of para-hydroxylation sites is 3. The number of sulfonamides is 1. The van der Waals surface area contributed by atoms with Gasteiger partial charge in [0.25, 0.3) is 15.9 Å². The molecule has 0 radical (unpaired) electrons. The summed E-state index contributed by atoms with van der Waals surface area (Å²) in [5.74, 6) is -0.296. The first-order valence-electron chi connectivity index (χ1n) is 9.77. The van der Waals surface area contributed by atoms with E-state index in [-0.39, 0.29) is 27.8 Å². The third-order valence-electron chi connectivity index (χ3n) is 4.62. The second kappa shape index (κ2) is 10.5. The largest absolute Gasteiger partial charge is 0.504 e. The van der Waals surface area contributed by atoms with Gasteiger partial charge >= 0.3 is 0 Å². The van der Waals surface area contributed by atoms with Gasteiger partial charge in [0, 0.05) is 5.56 Å². The minimum Gasteiger partial charge on any atom is -0.504 e. The molecule has 0 bridgehead atoms. The van der Waals surface area contributed by atoms with E-state index in [1.165, 1.54) is 32.6 Å². The number of nitrogens with one attached hydrogen (secondary N) is 1. The minimum absolute atomic E-state index is 0.0218. The van der Waals surface area contributed by atoms with Crippen molar-refractivity contribution in [2.24, 2.45) is 5.10 Å². The van der Waals surface area contributed by atoms with Gasteiger partial charge in [0.15, 0.2) is 11.5 Å². The average Bonchev–Trinajstić information content (AvgIpc) is 2.84. The van der Waals surface area contributed by atoms with E-state index in [2.05, 4.69) is 10.5 Å². The van der Waals surface area contributed by atoms with E-state index in [0.717, 1.165) is 4.31 Å². The molecule has 0 aliphatic carbocycles. The van der Waals surface area contributed by atoms with E-state index in [1.807, 2.05) is 0 Å². The molecule has 0 heterocycles. The first-order chi connectivity index (χ1) is 15.9. The molecule has 0 aliphatic rings. The maximum absolute atomic E-state index is 13.4. The number of carbonyl (C=O) groups excluding carboxylic acids is 1. The molecule has 0 atom stereocenters. The molecule has 10 heteroatoms. The summed E-state index contributed by atoms with van der Waals surface area (Å²) in [6.07, 6.45) is 1.23. The topological polar surface area (TPSA) is 118 Å². The second-order valence-corrected chi connectivity index (χ2v) is 8.55. The van der Waals surface area contributed by atoms with Gasteiger partial charge in [-0.2, -0.15) is 5.10 Å². The van der Waals surface area contributed by atoms with Crippen LogP contribution in [0.15, 0.2) is 82.8 Å². The number of hydrogen-bond donors (Lipinski definition) is 2. The maximum atomic E-state index is 13.4. The zero-order chi connectivity index (χ0) is 23.8. The number of aromatic hydroxyl groups is 1. The fourth-order valence-electron chi connectivity index (χ4n) is 3.00. The van der Waals surface area contributed by atoms with Crippen LogP contribution in [0.5, 0.6) is 17.2 Å². The summed E-state index contributed by atoms with van der Waals surface area (Å²) in [5, 5.41) is 13.9. The van der Waals surface area contributed by atoms with Gasteiger partial charge in [-0.15, -0.1) is 0 Å². The number of nitrogens with zero attached hydrogens (tertiary/aromatic N) is 2. The summed E-state index contributed by atoms with van der Waals surface area (Å²) >= 11 is 0. The Bertz CT molecular complexity index is 1250. The minimum atomic E-state index is -4.09. The van der Waals surface area contributed by atoms with Crippen molar-refractivity contribution in [1.82, 2.24) is 5.43 Å². The lowest BCUT2D eigenvalue weighted by molar-refractivity contribution is -0.119. The van der Waals surface area contributed by atoms with E-state index >= 15 is 0 Å². The molecule has 0 unspecified atom stereocenters. The predicted molar refractivity (Wildman–Crippen MR) is 124 cm³/mol. The lowest BCUT2D eigenvalue weighted by atomic mass is 10.2. The Morgan fingerprint density at radius 1 is 0.970 bits per heavy atom. The van der Waals surface area contributed by atoms with Crippen LogP contribution in [0.25, 0.3) is 0 Å². The Labute approximate surface area is 191 Å². The number of methoxy groups -OCH3 is 2. The Kier molecular flexibility index (Phi) is 7.52. The fraction of sp³-hybridized carbons (Fsp3) is 0.130. The fourth-order valence-corrected chi connectivity index (χ4v) is 4.46. The number of benzene rings is 3. The van der Waals surface area contributed by atoms with Gasteiger partial charge in [0.2, 0.25) is 0 Å². The summed E-state index contributed by atoms with van der Waals surface area (Å²) in [4.78, 5) is 12.7. The SMILES string of the molecule is COc1ccccc1N(CC(=O)N/N=C\c1cccc(OC)c1O)S(=O)(=O)c1ccccc1. The molecule has 172 valence electrons. The third-order valence-corrected chi connectivity index (χ3v) is 6.39. The average molecular weight is 470 g/mol. The summed E-state index contributed by atoms with van der Waals surface area (Å²) in [7, 11) is -1.26. The first kappa shape index (κ1) is 23.6. The molecule has 33 heavy (non-hydrogen) atoms. The van der Waals surface area contributed by atoms with E-state index in [4.69, 9.17) is 9.47 Å². The summed E-state index contributed by atoms with van der Waals surface area (Å²) in [6, 6.07) is 19.1. The van der Waals surface area contributed by atoms with Gasteiger partial charge in [-0.05, 0) is 36.4 Å². The van der Waals surface area contributed by atoms with Crippen LogP contribution in [-0.4, -0.2) is 46.4 Å². The van der Waals surface area contributed by atoms with Crippen molar-refractivity contribution in [2.45, 2.75) is 4.90 Å². The molecule has 0 aromatic heterocycles. The summed E-state index contributed by atoms with van der Waals surface area (Å²) < 4.78 is 38.0. The van der Waals surface area contributed by atoms with Gasteiger partial charge in [-0.1, -0.05) is 36.4 Å². The lowest BCUT2D eigenvalue weighted by Crippen LogP contribution is -2.39. The Hall–Kier alpha value is -4.05. The van der Waals surface area contributed by atoms with Gasteiger partial charge in [-0.3, -0.25) is 9.10 Å². The molecule has 0 saturated heterocycles. The molecule has 3 rings (SSSR count). The third kappa shape index (κ3) is 5.42. The van der Waals surface area contributed by atoms with Crippen molar-refractivity contribution in [3.05, 3.63) is 78.4 Å². The predicted octanol–water partition coefficient (Wildman–Crippen LogP) is 2.76. The highest BCUT2D eigenvalue weighted by Gasteiger charge is 2.29. The van der Waals surface area contributed by atoms with Crippen LogP contribution in [0, 0.1) is 0 Å². The highest BCUT2D eigenvalue weighted by molar-refractivity contribution is 7.92. The molecule has 3 aromatic carbocycles. The zero-order valence-electron chi connectivity index (χ0n) is 18.0. The van der Waals surface area contributed by atoms with Crippen LogP contribution in [0.1, 0.15) is 5.56 Å². The van der Waals surface area contributed by atoms with Crippen LogP contribution < -0.4 is 19.2 Å². The van der Waals surface area contributed by atoms with Crippen molar-refractivity contribution in [2.75, 3.05) is 25.1 Å². The van der Waals surface area contributed by atoms with Crippen molar-refractivity contribution >= 4 is 27.8 Å². The molecule has 3 aromatic rings. The molecule has 0 aliphatic heterocycles. The van der Waals surface area contributed by atoms with Crippen LogP contribution >= 0.6 is 0 Å². The highest BCUT2D eigenvalue weighted by Crippen LogP contribution is 2.32. The van der Waals surface area contributed by atoms with E-state index in [9.17, 15) is 18.3 Å². The van der Waals surface area contributed by atoms with Crippen molar-refractivity contribution in [3.8, 4) is 17.2 Å². The van der Waals surface area contributed by atoms with E-state index in [0.29, 0.717) is 5.56 Å². The maximum Gasteiger partial charge on any atom is 0.264 e. The Balaban J connectivity index is 1.87. The Morgan fingerprint density at radius 3 is 2.30 bits per heavy atom. The van der Waals surface area contributed by atoms with Crippen LogP contribution in [0.4, 0.5) is 5.69 Å². The van der Waals surface area contributed by atoms with Gasteiger partial charge in [-0.25, -0.2) is 13.8 Å². The quantitative estimate of drug-likeness (QED) is 0.368. The number of rotatable bonds is 9. The summed E-state index contributed by atoms with van der Waals surface area (Å²) in [5.41, 5.74) is 2.80. The van der Waals surface area contributed by atoms with Gasteiger partial charge in [0.05, 0.1) is 31.0 Å². The number of amides is 1. The molecule has 0 fully saturated rings. The number of phenolic OH excluding ortho intramolecular Hbond substituents is 1. The first-order valence-corrected chi connectivity index (χ1v) is 11.2. The van der Waals surface area contributed by atoms with Gasteiger partial charge < -0.3 is 14.6 Å². The van der Waals surface area contributed by atoms with Crippen LogP contribution in [0.3, 0.4) is 0 Å². The second-order valence-electron chi connectivity index (χ2n) is 6.69. The number of carbonyl (C=O) groups is 1. The Morgan fingerprint density at radius 2 is 1.61 bits per heavy atom. The number of anilines is 1. The van der Waals surface area contributed by atoms with Crippen molar-refractivity contribution < 1.29 is 27.8 Å². The number of hydrazone groups is 1. The molecular formula is C23H23N3O6S. The summed E-state index contributed by atoms with van der Waals surface area (Å²) in [6.45, 7) is -0.557. The molecular weight excluding hydrogens is 446 g/mol. The lowest BCUT2D eigenvalue weighted by Gasteiger charge is -2.25. The number of phenols is 1. The van der Waals surface area contributed by atoms with Crippen molar-refractivity contribution in [3.63, 3.8) is 0 Å². The van der Waals surface area contributed by atoms with E-state index < -0.39 is 22.5 Å². The van der Waals surface area contributed by atoms with Gasteiger partial charge in [0.1, 0.15) is 12.3 Å². The highest BCUT2D eigenvalue weighted by atomic mass is 32.2. The van der Waals surface area contributed by atoms with Crippen molar-refractivity contribution in [1.29, 1.82) is 0 Å². The van der Waals surface area contributed by atoms with Crippen LogP contribution in [0.2, 0.25) is 0 Å². The van der Waals surface area contributed by atoms with E-state index in [1.54, 1.807) is 60.7 Å². The normalized spacial score (nSPS) is 11.2. The molecule has 0 saturated carbocycles. The molecule has 9 nitrogen and oxygen atoms in total. The standard InChI is InChI=1S/C23H23N3O6S/c1-31-20-13-7-6-12-19(20)26(33(29,30)18-10-4-3-5-11-18)16-22(27)25-24-15-17-9-8-14-21(32-2)23(17)28/h3-15,28H,16H2,1-2H3,(H,25,27)/b24-15-.